The van der Waals surface area contributed by atoms with Crippen LogP contribution in [0.25, 0.3) is 33.2 Å². The highest BCUT2D eigenvalue weighted by Crippen LogP contribution is 2.30. The Kier molecular flexibility index (Phi) is 5.12. The molecule has 0 fully saturated rings. The van der Waals surface area contributed by atoms with Gasteiger partial charge in [0, 0.05) is 17.0 Å². The summed E-state index contributed by atoms with van der Waals surface area (Å²) >= 11 is 0. The van der Waals surface area contributed by atoms with Crippen LogP contribution in [0, 0.1) is 0 Å². The van der Waals surface area contributed by atoms with E-state index in [1.165, 1.54) is 4.85 Å². The number of fused-ring (bicyclic) bond motifs is 3. The van der Waals surface area contributed by atoms with Crippen LogP contribution < -0.4 is 9.68 Å². The molecule has 3 heterocycles. The summed E-state index contributed by atoms with van der Waals surface area (Å²) in [6.07, 6.45) is 3.55. The van der Waals surface area contributed by atoms with Crippen LogP contribution in [-0.4, -0.2) is 24.9 Å². The molecule has 0 aliphatic heterocycles. The maximum absolute atomic E-state index is 6.16. The minimum atomic E-state index is 0.379. The van der Waals surface area contributed by atoms with Gasteiger partial charge in [0.05, 0.1) is 6.20 Å². The summed E-state index contributed by atoms with van der Waals surface area (Å²) in [5.41, 5.74) is 4.97. The number of hydrogen-bond donors (Lipinski definition) is 0. The van der Waals surface area contributed by atoms with E-state index in [9.17, 15) is 0 Å². The molecule has 0 aliphatic carbocycles. The summed E-state index contributed by atoms with van der Waals surface area (Å²) in [6.45, 7) is 0.763. The van der Waals surface area contributed by atoms with E-state index in [1.807, 2.05) is 91.1 Å². The Labute approximate surface area is 195 Å². The van der Waals surface area contributed by atoms with Gasteiger partial charge in [-0.25, -0.2) is 0 Å². The van der Waals surface area contributed by atoms with Crippen LogP contribution in [-0.2, 0) is 13.2 Å². The molecule has 0 aliphatic rings. The third-order valence-electron chi connectivity index (χ3n) is 5.62. The molecule has 34 heavy (non-hydrogen) atoms. The number of rotatable bonds is 7. The quantitative estimate of drug-likeness (QED) is 0.355. The lowest BCUT2D eigenvalue weighted by Gasteiger charge is -2.08. The molecule has 0 N–H and O–H groups in total. The predicted octanol–water partition coefficient (Wildman–Crippen LogP) is 4.71. The van der Waals surface area contributed by atoms with Crippen LogP contribution in [0.15, 0.2) is 103 Å². The maximum Gasteiger partial charge on any atom is 0.144 e. The largest absolute Gasteiger partial charge is 0.391 e. The first-order valence-corrected chi connectivity index (χ1v) is 11.0. The van der Waals surface area contributed by atoms with E-state index in [1.54, 1.807) is 11.0 Å². The Morgan fingerprint density at radius 3 is 2.06 bits per heavy atom. The molecule has 3 aromatic heterocycles. The van der Waals surface area contributed by atoms with E-state index < -0.39 is 0 Å². The van der Waals surface area contributed by atoms with E-state index >= 15 is 0 Å². The molecule has 0 saturated carbocycles. The standard InChI is InChI=1S/C27H21N5O2/c1-3-9-20(10-4-1)18-33-31-24(15-16-29-31)25-26-27(23-14-8-7-13-22(23)17-28-26)32(30-25)34-19-21-11-5-2-6-12-21/h1-17H,18-19H2. The molecule has 166 valence electrons. The second-order valence-corrected chi connectivity index (χ2v) is 7.87. The lowest BCUT2D eigenvalue weighted by molar-refractivity contribution is 0.0715. The van der Waals surface area contributed by atoms with Crippen LogP contribution >= 0.6 is 0 Å². The first kappa shape index (κ1) is 20.0. The van der Waals surface area contributed by atoms with Gasteiger partial charge in [0.25, 0.3) is 0 Å². The van der Waals surface area contributed by atoms with Crippen LogP contribution in [0.2, 0.25) is 0 Å². The second kappa shape index (κ2) is 8.71. The van der Waals surface area contributed by atoms with E-state index in [4.69, 9.17) is 19.8 Å². The van der Waals surface area contributed by atoms with Crippen molar-refractivity contribution in [1.29, 1.82) is 0 Å². The Hall–Kier alpha value is -4.65. The first-order chi connectivity index (χ1) is 16.9. The van der Waals surface area contributed by atoms with Crippen LogP contribution in [0.5, 0.6) is 0 Å². The Bertz CT molecular complexity index is 1560. The average molecular weight is 447 g/mol. The zero-order valence-electron chi connectivity index (χ0n) is 18.3. The Morgan fingerprint density at radius 1 is 0.676 bits per heavy atom. The van der Waals surface area contributed by atoms with Gasteiger partial charge >= 0.3 is 0 Å². The van der Waals surface area contributed by atoms with Crippen molar-refractivity contribution in [2.45, 2.75) is 13.2 Å². The van der Waals surface area contributed by atoms with Gasteiger partial charge < -0.3 is 9.68 Å². The fourth-order valence-corrected chi connectivity index (χ4v) is 3.95. The molecule has 7 nitrogen and oxygen atoms in total. The third kappa shape index (κ3) is 3.73. The number of hydrogen-bond acceptors (Lipinski definition) is 5. The molecule has 3 aromatic carbocycles. The molecule has 0 bridgehead atoms. The second-order valence-electron chi connectivity index (χ2n) is 7.87. The van der Waals surface area contributed by atoms with Crippen LogP contribution in [0.3, 0.4) is 0 Å². The van der Waals surface area contributed by atoms with Crippen molar-refractivity contribution in [2.24, 2.45) is 0 Å². The molecule has 0 atom stereocenters. The maximum atomic E-state index is 6.16. The molecule has 6 aromatic rings. The lowest BCUT2D eigenvalue weighted by atomic mass is 10.1. The number of nitrogens with zero attached hydrogens (tertiary/aromatic N) is 5. The average Bonchev–Trinajstić information content (AvgIpc) is 3.52. The Morgan fingerprint density at radius 2 is 1.32 bits per heavy atom. The number of benzene rings is 3. The molecule has 7 heteroatoms. The van der Waals surface area contributed by atoms with Gasteiger partial charge in [-0.15, -0.1) is 10.2 Å². The minimum absolute atomic E-state index is 0.379. The van der Waals surface area contributed by atoms with Gasteiger partial charge in [0.2, 0.25) is 0 Å². The summed E-state index contributed by atoms with van der Waals surface area (Å²) in [5.74, 6) is 0. The molecule has 0 radical (unpaired) electrons. The fourth-order valence-electron chi connectivity index (χ4n) is 3.95. The zero-order valence-corrected chi connectivity index (χ0v) is 18.3. The van der Waals surface area contributed by atoms with E-state index in [0.29, 0.717) is 24.6 Å². The van der Waals surface area contributed by atoms with Gasteiger partial charge in [-0.2, -0.15) is 0 Å². The van der Waals surface area contributed by atoms with Crippen molar-refractivity contribution < 1.29 is 9.68 Å². The SMILES string of the molecule is c1ccc(COn2nccc2-c2nn(OCc3ccccc3)c3c2ncc2ccccc23)cc1. The van der Waals surface area contributed by atoms with E-state index in [0.717, 1.165) is 32.9 Å². The fraction of sp³-hybridized carbons (Fsp3) is 0.0741. The highest BCUT2D eigenvalue weighted by molar-refractivity contribution is 6.07. The summed E-state index contributed by atoms with van der Waals surface area (Å²) < 4.78 is 0. The highest BCUT2D eigenvalue weighted by atomic mass is 16.7. The van der Waals surface area contributed by atoms with Crippen molar-refractivity contribution >= 4 is 21.8 Å². The third-order valence-corrected chi connectivity index (χ3v) is 5.62. The molecule has 0 saturated heterocycles. The summed E-state index contributed by atoms with van der Waals surface area (Å²) in [4.78, 5) is 19.9. The molecule has 6 rings (SSSR count). The monoisotopic (exact) mass is 447 g/mol. The molecule has 0 unspecified atom stereocenters. The smallest absolute Gasteiger partial charge is 0.144 e. The van der Waals surface area contributed by atoms with Crippen LogP contribution in [0.4, 0.5) is 0 Å². The molecule has 0 spiro atoms. The van der Waals surface area contributed by atoms with Gasteiger partial charge in [0.1, 0.15) is 35.6 Å². The van der Waals surface area contributed by atoms with Gasteiger partial charge in [-0.3, -0.25) is 4.98 Å². The van der Waals surface area contributed by atoms with Crippen LogP contribution in [0.1, 0.15) is 11.1 Å². The van der Waals surface area contributed by atoms with E-state index in [2.05, 4.69) is 11.2 Å². The topological polar surface area (TPSA) is 67.0 Å². The van der Waals surface area contributed by atoms with Crippen molar-refractivity contribution in [3.8, 4) is 11.4 Å². The van der Waals surface area contributed by atoms with Gasteiger partial charge in [-0.05, 0) is 17.2 Å². The summed E-state index contributed by atoms with van der Waals surface area (Å²) in [6, 6.07) is 29.9. The summed E-state index contributed by atoms with van der Waals surface area (Å²) in [7, 11) is 0. The summed E-state index contributed by atoms with van der Waals surface area (Å²) in [5, 5.41) is 11.2. The number of pyridine rings is 1. The van der Waals surface area contributed by atoms with Crippen molar-refractivity contribution in [2.75, 3.05) is 0 Å². The highest BCUT2D eigenvalue weighted by Gasteiger charge is 2.21. The molecule has 0 amide bonds. The van der Waals surface area contributed by atoms with E-state index in [-0.39, 0.29) is 0 Å². The van der Waals surface area contributed by atoms with Crippen molar-refractivity contribution in [1.82, 2.24) is 24.9 Å². The predicted molar refractivity (Wildman–Crippen MR) is 130 cm³/mol. The normalized spacial score (nSPS) is 11.2. The van der Waals surface area contributed by atoms with Crippen molar-refractivity contribution in [3.05, 3.63) is 115 Å². The van der Waals surface area contributed by atoms with Gasteiger partial charge in [0.15, 0.2) is 0 Å². The van der Waals surface area contributed by atoms with Gasteiger partial charge in [-0.1, -0.05) is 94.6 Å². The lowest BCUT2D eigenvalue weighted by Crippen LogP contribution is -2.15. The Balaban J connectivity index is 1.42. The number of aromatic nitrogens is 5. The molecular formula is C27H21N5O2. The molecular weight excluding hydrogens is 426 g/mol. The van der Waals surface area contributed by atoms with Crippen molar-refractivity contribution in [3.63, 3.8) is 0 Å². The first-order valence-electron chi connectivity index (χ1n) is 11.0. The minimum Gasteiger partial charge on any atom is -0.391 e. The zero-order chi connectivity index (χ0) is 22.7.